The van der Waals surface area contributed by atoms with Crippen molar-refractivity contribution in [2.75, 3.05) is 33.7 Å². The van der Waals surface area contributed by atoms with Crippen LogP contribution in [0.1, 0.15) is 32.1 Å². The number of nitrogens with one attached hydrogen (secondary N) is 1. The lowest BCUT2D eigenvalue weighted by Crippen LogP contribution is -2.51. The van der Waals surface area contributed by atoms with Crippen molar-refractivity contribution in [2.45, 2.75) is 38.1 Å². The zero-order valence-corrected chi connectivity index (χ0v) is 12.3. The Morgan fingerprint density at radius 3 is 2.89 bits per heavy atom. The molecule has 2 aliphatic rings. The summed E-state index contributed by atoms with van der Waals surface area (Å²) in [6.45, 7) is 2.59. The van der Waals surface area contributed by atoms with E-state index in [0.29, 0.717) is 12.0 Å². The lowest BCUT2D eigenvalue weighted by molar-refractivity contribution is 0.139. The molecular weight excluding hydrogens is 238 g/mol. The Morgan fingerprint density at radius 1 is 1.37 bits per heavy atom. The Morgan fingerprint density at radius 2 is 2.21 bits per heavy atom. The molecule has 1 heterocycles. The SMILES string of the molecule is CN(C)[C@@H]1CCCN(C(=O)NC[C@@H]2CC=CCC2)C1. The van der Waals surface area contributed by atoms with Crippen LogP contribution in [0.15, 0.2) is 12.2 Å². The fraction of sp³-hybridized carbons (Fsp3) is 0.800. The molecule has 2 amide bonds. The van der Waals surface area contributed by atoms with E-state index in [1.54, 1.807) is 0 Å². The molecule has 1 fully saturated rings. The first-order chi connectivity index (χ1) is 9.16. The highest BCUT2D eigenvalue weighted by atomic mass is 16.2. The average molecular weight is 265 g/mol. The first kappa shape index (κ1) is 14.4. The zero-order valence-electron chi connectivity index (χ0n) is 12.3. The summed E-state index contributed by atoms with van der Waals surface area (Å²) in [6.07, 6.45) is 10.3. The van der Waals surface area contributed by atoms with Gasteiger partial charge in [0.1, 0.15) is 0 Å². The number of amides is 2. The molecule has 0 saturated carbocycles. The molecule has 4 heteroatoms. The Balaban J connectivity index is 1.74. The second kappa shape index (κ2) is 6.94. The molecule has 108 valence electrons. The van der Waals surface area contributed by atoms with Crippen LogP contribution in [0.4, 0.5) is 4.79 Å². The summed E-state index contributed by atoms with van der Waals surface area (Å²) in [5.74, 6) is 0.628. The fourth-order valence-corrected chi connectivity index (χ4v) is 2.95. The normalized spacial score (nSPS) is 27.6. The lowest BCUT2D eigenvalue weighted by atomic mass is 9.94. The van der Waals surface area contributed by atoms with Crippen molar-refractivity contribution in [1.82, 2.24) is 15.1 Å². The molecule has 0 unspecified atom stereocenters. The van der Waals surface area contributed by atoms with E-state index in [0.717, 1.165) is 38.9 Å². The molecule has 2 rings (SSSR count). The number of likely N-dealkylation sites (tertiary alicyclic amines) is 1. The predicted octanol–water partition coefficient (Wildman–Crippen LogP) is 2.08. The molecule has 1 aliphatic heterocycles. The van der Waals surface area contributed by atoms with Crippen molar-refractivity contribution in [3.63, 3.8) is 0 Å². The molecule has 0 spiro atoms. The van der Waals surface area contributed by atoms with Crippen molar-refractivity contribution >= 4 is 6.03 Å². The van der Waals surface area contributed by atoms with Crippen molar-refractivity contribution < 1.29 is 4.79 Å². The van der Waals surface area contributed by atoms with Gasteiger partial charge in [-0.3, -0.25) is 0 Å². The van der Waals surface area contributed by atoms with E-state index in [4.69, 9.17) is 0 Å². The maximum Gasteiger partial charge on any atom is 0.317 e. The number of piperidine rings is 1. The van der Waals surface area contributed by atoms with Crippen molar-refractivity contribution in [1.29, 1.82) is 0 Å². The van der Waals surface area contributed by atoms with Gasteiger partial charge in [0.2, 0.25) is 0 Å². The van der Waals surface area contributed by atoms with E-state index in [1.807, 2.05) is 4.90 Å². The molecule has 1 N–H and O–H groups in total. The fourth-order valence-electron chi connectivity index (χ4n) is 2.95. The second-order valence-electron chi connectivity index (χ2n) is 6.04. The summed E-state index contributed by atoms with van der Waals surface area (Å²) >= 11 is 0. The minimum atomic E-state index is 0.126. The first-order valence-corrected chi connectivity index (χ1v) is 7.51. The van der Waals surface area contributed by atoms with Crippen LogP contribution in [0.2, 0.25) is 0 Å². The molecule has 1 saturated heterocycles. The number of allylic oxidation sites excluding steroid dienone is 2. The third-order valence-electron chi connectivity index (χ3n) is 4.33. The number of rotatable bonds is 3. The van der Waals surface area contributed by atoms with E-state index in [9.17, 15) is 4.79 Å². The molecule has 0 aromatic heterocycles. The van der Waals surface area contributed by atoms with Crippen LogP contribution in [0.25, 0.3) is 0 Å². The van der Waals surface area contributed by atoms with Gasteiger partial charge in [-0.1, -0.05) is 12.2 Å². The molecule has 0 radical (unpaired) electrons. The first-order valence-electron chi connectivity index (χ1n) is 7.51. The number of carbonyl (C=O) groups excluding carboxylic acids is 1. The molecule has 0 bridgehead atoms. The highest BCUT2D eigenvalue weighted by Crippen LogP contribution is 2.17. The summed E-state index contributed by atoms with van der Waals surface area (Å²) in [6, 6.07) is 0.637. The van der Waals surface area contributed by atoms with Crippen molar-refractivity contribution in [3.05, 3.63) is 12.2 Å². The molecule has 2 atom stereocenters. The quantitative estimate of drug-likeness (QED) is 0.793. The second-order valence-corrected chi connectivity index (χ2v) is 6.04. The van der Waals surface area contributed by atoms with Crippen LogP contribution in [0, 0.1) is 5.92 Å². The van der Waals surface area contributed by atoms with Gasteiger partial charge in [0.25, 0.3) is 0 Å². The molecule has 4 nitrogen and oxygen atoms in total. The maximum absolute atomic E-state index is 12.2. The number of likely N-dealkylation sites (N-methyl/N-ethyl adjacent to an activating group) is 1. The van der Waals surface area contributed by atoms with Crippen LogP contribution in [0.5, 0.6) is 0 Å². The molecular formula is C15H27N3O. The smallest absolute Gasteiger partial charge is 0.317 e. The number of carbonyl (C=O) groups is 1. The average Bonchev–Trinajstić information content (AvgIpc) is 2.46. The summed E-state index contributed by atoms with van der Waals surface area (Å²) in [5.41, 5.74) is 0. The Kier molecular flexibility index (Phi) is 5.25. The van der Waals surface area contributed by atoms with E-state index < -0.39 is 0 Å². The van der Waals surface area contributed by atoms with Crippen molar-refractivity contribution in [3.8, 4) is 0 Å². The Bertz CT molecular complexity index is 327. The van der Waals surface area contributed by atoms with Crippen LogP contribution >= 0.6 is 0 Å². The van der Waals surface area contributed by atoms with Gasteiger partial charge in [-0.25, -0.2) is 4.79 Å². The minimum absolute atomic E-state index is 0.126. The van der Waals surface area contributed by atoms with Crippen LogP contribution < -0.4 is 5.32 Å². The van der Waals surface area contributed by atoms with Crippen LogP contribution in [0.3, 0.4) is 0 Å². The number of hydrogen-bond donors (Lipinski definition) is 1. The maximum atomic E-state index is 12.2. The van der Waals surface area contributed by atoms with E-state index in [1.165, 1.54) is 12.8 Å². The molecule has 0 aromatic carbocycles. The van der Waals surface area contributed by atoms with Gasteiger partial charge in [0, 0.05) is 25.7 Å². The highest BCUT2D eigenvalue weighted by Gasteiger charge is 2.25. The number of urea groups is 1. The monoisotopic (exact) mass is 265 g/mol. The van der Waals surface area contributed by atoms with E-state index in [2.05, 4.69) is 36.5 Å². The van der Waals surface area contributed by atoms with E-state index >= 15 is 0 Å². The van der Waals surface area contributed by atoms with Gasteiger partial charge in [0.15, 0.2) is 0 Å². The van der Waals surface area contributed by atoms with Gasteiger partial charge in [-0.05, 0) is 52.1 Å². The van der Waals surface area contributed by atoms with Gasteiger partial charge < -0.3 is 15.1 Å². The standard InChI is InChI=1S/C15H27N3O/c1-17(2)14-9-6-10-18(12-14)15(19)16-11-13-7-4-3-5-8-13/h3-4,13-14H,5-12H2,1-2H3,(H,16,19)/t13-,14-/m1/s1. The molecule has 1 aliphatic carbocycles. The summed E-state index contributed by atoms with van der Waals surface area (Å²) in [5, 5.41) is 3.12. The minimum Gasteiger partial charge on any atom is -0.338 e. The summed E-state index contributed by atoms with van der Waals surface area (Å²) < 4.78 is 0. The number of hydrogen-bond acceptors (Lipinski definition) is 2. The predicted molar refractivity (Wildman–Crippen MR) is 78.2 cm³/mol. The van der Waals surface area contributed by atoms with Crippen molar-refractivity contribution in [2.24, 2.45) is 5.92 Å². The van der Waals surface area contributed by atoms with Gasteiger partial charge in [-0.2, -0.15) is 0 Å². The third-order valence-corrected chi connectivity index (χ3v) is 4.33. The summed E-state index contributed by atoms with van der Waals surface area (Å²) in [4.78, 5) is 16.4. The number of nitrogens with zero attached hydrogens (tertiary/aromatic N) is 2. The third kappa shape index (κ3) is 4.23. The lowest BCUT2D eigenvalue weighted by Gasteiger charge is -2.36. The zero-order chi connectivity index (χ0) is 13.7. The Hall–Kier alpha value is -1.03. The van der Waals surface area contributed by atoms with E-state index in [-0.39, 0.29) is 6.03 Å². The van der Waals surface area contributed by atoms with Gasteiger partial charge in [0.05, 0.1) is 0 Å². The Labute approximate surface area is 116 Å². The highest BCUT2D eigenvalue weighted by molar-refractivity contribution is 5.74. The molecule has 0 aromatic rings. The van der Waals surface area contributed by atoms with Gasteiger partial charge in [-0.15, -0.1) is 0 Å². The van der Waals surface area contributed by atoms with Crippen LogP contribution in [-0.4, -0.2) is 55.6 Å². The largest absolute Gasteiger partial charge is 0.338 e. The van der Waals surface area contributed by atoms with Gasteiger partial charge >= 0.3 is 6.03 Å². The molecule has 19 heavy (non-hydrogen) atoms. The van der Waals surface area contributed by atoms with Crippen LogP contribution in [-0.2, 0) is 0 Å². The summed E-state index contributed by atoms with van der Waals surface area (Å²) in [7, 11) is 4.20. The topological polar surface area (TPSA) is 35.6 Å².